The Labute approximate surface area is 218 Å². The van der Waals surface area contributed by atoms with E-state index < -0.39 is 11.9 Å². The fourth-order valence-electron chi connectivity index (χ4n) is 5.32. The van der Waals surface area contributed by atoms with Crippen LogP contribution in [-0.4, -0.2) is 36.9 Å². The van der Waals surface area contributed by atoms with Crippen LogP contribution in [0.5, 0.6) is 5.75 Å². The van der Waals surface area contributed by atoms with E-state index in [4.69, 9.17) is 4.74 Å². The highest BCUT2D eigenvalue weighted by atomic mass is 16.5. The molecule has 196 valence electrons. The molecule has 0 saturated heterocycles. The Morgan fingerprint density at radius 3 is 2.55 bits per heavy atom. The minimum Gasteiger partial charge on any atom is -0.507 e. The third-order valence-corrected chi connectivity index (χ3v) is 7.45. The van der Waals surface area contributed by atoms with Gasteiger partial charge in [0, 0.05) is 49.4 Å². The maximum Gasteiger partial charge on any atom is 0.328 e. The highest BCUT2D eigenvalue weighted by Gasteiger charge is 2.27. The van der Waals surface area contributed by atoms with Gasteiger partial charge in [-0.15, -0.1) is 0 Å². The Bertz CT molecular complexity index is 1800. The van der Waals surface area contributed by atoms with Crippen molar-refractivity contribution in [1.29, 1.82) is 0 Å². The van der Waals surface area contributed by atoms with Crippen molar-refractivity contribution >= 4 is 27.9 Å². The van der Waals surface area contributed by atoms with Crippen molar-refractivity contribution in [2.24, 2.45) is 14.1 Å². The third-order valence-electron chi connectivity index (χ3n) is 7.45. The molecule has 9 nitrogen and oxygen atoms in total. The smallest absolute Gasteiger partial charge is 0.328 e. The second-order valence-corrected chi connectivity index (χ2v) is 9.63. The van der Waals surface area contributed by atoms with E-state index in [-0.39, 0.29) is 29.0 Å². The number of aromatic hydroxyl groups is 1. The van der Waals surface area contributed by atoms with E-state index in [9.17, 15) is 19.5 Å². The van der Waals surface area contributed by atoms with Gasteiger partial charge in [-0.2, -0.15) is 0 Å². The number of esters is 1. The van der Waals surface area contributed by atoms with E-state index in [1.807, 2.05) is 30.5 Å². The van der Waals surface area contributed by atoms with Crippen molar-refractivity contribution in [3.63, 3.8) is 0 Å². The number of benzene rings is 2. The first-order chi connectivity index (χ1) is 18.2. The topological polar surface area (TPSA) is 111 Å². The molecule has 5 aromatic rings. The van der Waals surface area contributed by atoms with Gasteiger partial charge in [-0.25, -0.2) is 4.79 Å². The quantitative estimate of drug-likeness (QED) is 0.323. The van der Waals surface area contributed by atoms with Crippen LogP contribution >= 0.6 is 0 Å². The maximum absolute atomic E-state index is 13.9. The minimum absolute atomic E-state index is 0.125. The van der Waals surface area contributed by atoms with Gasteiger partial charge in [-0.3, -0.25) is 18.7 Å². The molecule has 0 bridgehead atoms. The molecule has 1 atom stereocenters. The van der Waals surface area contributed by atoms with Crippen LogP contribution in [0.15, 0.2) is 64.3 Å². The molecule has 9 heteroatoms. The summed E-state index contributed by atoms with van der Waals surface area (Å²) in [7, 11) is 4.65. The van der Waals surface area contributed by atoms with Gasteiger partial charge in [0.15, 0.2) is 0 Å². The summed E-state index contributed by atoms with van der Waals surface area (Å²) >= 11 is 0. The number of pyridine rings is 1. The van der Waals surface area contributed by atoms with Crippen molar-refractivity contribution in [3.8, 4) is 5.75 Å². The molecule has 0 radical (unpaired) electrons. The van der Waals surface area contributed by atoms with Crippen LogP contribution in [0, 0.1) is 6.92 Å². The van der Waals surface area contributed by atoms with Crippen LogP contribution < -0.4 is 11.2 Å². The number of aryl methyl sites for hydroxylation is 4. The molecule has 0 spiro atoms. The van der Waals surface area contributed by atoms with Gasteiger partial charge < -0.3 is 19.4 Å². The second-order valence-electron chi connectivity index (χ2n) is 9.63. The van der Waals surface area contributed by atoms with Gasteiger partial charge in [0.1, 0.15) is 5.75 Å². The fraction of sp³-hybridized carbons (Fsp3) is 0.276. The van der Waals surface area contributed by atoms with Crippen LogP contribution in [0.2, 0.25) is 0 Å². The number of hydrogen-bond acceptors (Lipinski definition) is 5. The molecule has 3 heterocycles. The number of H-pyrrole nitrogens is 1. The molecule has 0 aliphatic rings. The largest absolute Gasteiger partial charge is 0.507 e. The number of carbonyl (C=O) groups is 1. The molecular formula is C29H30N4O5. The summed E-state index contributed by atoms with van der Waals surface area (Å²) in [5.41, 5.74) is 4.33. The Balaban J connectivity index is 1.60. The number of nitrogens with zero attached hydrogens (tertiary/aromatic N) is 3. The summed E-state index contributed by atoms with van der Waals surface area (Å²) in [6.07, 6.45) is 2.41. The average Bonchev–Trinajstić information content (AvgIpc) is 3.42. The lowest BCUT2D eigenvalue weighted by molar-refractivity contribution is -0.140. The molecule has 38 heavy (non-hydrogen) atoms. The van der Waals surface area contributed by atoms with Crippen molar-refractivity contribution in [2.75, 3.05) is 7.11 Å². The first-order valence-corrected chi connectivity index (χ1v) is 12.4. The molecular weight excluding hydrogens is 484 g/mol. The van der Waals surface area contributed by atoms with E-state index >= 15 is 0 Å². The summed E-state index contributed by atoms with van der Waals surface area (Å²) in [6.45, 7) is 2.18. The van der Waals surface area contributed by atoms with Gasteiger partial charge >= 0.3 is 11.7 Å². The van der Waals surface area contributed by atoms with E-state index in [2.05, 4.69) is 4.98 Å². The van der Waals surface area contributed by atoms with E-state index in [1.54, 1.807) is 49.9 Å². The summed E-state index contributed by atoms with van der Waals surface area (Å²) in [6, 6.07) is 14.9. The number of hydrogen-bond donors (Lipinski definition) is 2. The fourth-order valence-corrected chi connectivity index (χ4v) is 5.32. The molecule has 0 amide bonds. The van der Waals surface area contributed by atoms with Crippen LogP contribution in [0.4, 0.5) is 0 Å². The summed E-state index contributed by atoms with van der Waals surface area (Å²) in [5, 5.41) is 12.1. The van der Waals surface area contributed by atoms with E-state index in [0.717, 1.165) is 22.0 Å². The van der Waals surface area contributed by atoms with Crippen LogP contribution in [0.1, 0.15) is 34.7 Å². The molecule has 3 aromatic heterocycles. The number of aromatic nitrogens is 4. The maximum atomic E-state index is 13.9. The zero-order valence-corrected chi connectivity index (χ0v) is 21.8. The lowest BCUT2D eigenvalue weighted by Crippen LogP contribution is -2.29. The predicted molar refractivity (Wildman–Crippen MR) is 146 cm³/mol. The van der Waals surface area contributed by atoms with E-state index in [0.29, 0.717) is 29.7 Å². The monoisotopic (exact) mass is 514 g/mol. The molecule has 1 unspecified atom stereocenters. The molecule has 0 saturated carbocycles. The first-order valence-electron chi connectivity index (χ1n) is 12.4. The van der Waals surface area contributed by atoms with Crippen molar-refractivity contribution in [3.05, 3.63) is 98.0 Å². The summed E-state index contributed by atoms with van der Waals surface area (Å²) in [4.78, 5) is 42.1. The van der Waals surface area contributed by atoms with Crippen molar-refractivity contribution in [1.82, 2.24) is 18.7 Å². The van der Waals surface area contributed by atoms with Gasteiger partial charge in [-0.05, 0) is 48.7 Å². The normalized spacial score (nSPS) is 12.3. The number of nitrogens with one attached hydrogen (secondary N) is 1. The molecule has 0 fully saturated rings. The number of fused-ring (bicyclic) bond motifs is 2. The number of aromatic amines is 1. The van der Waals surface area contributed by atoms with E-state index in [1.165, 1.54) is 16.2 Å². The first kappa shape index (κ1) is 25.1. The molecule has 0 aliphatic carbocycles. The Morgan fingerprint density at radius 2 is 1.79 bits per heavy atom. The van der Waals surface area contributed by atoms with Crippen LogP contribution in [0.25, 0.3) is 21.9 Å². The second kappa shape index (κ2) is 9.74. The number of imidazole rings is 1. The van der Waals surface area contributed by atoms with Gasteiger partial charge in [0.25, 0.3) is 5.56 Å². The zero-order chi connectivity index (χ0) is 27.1. The van der Waals surface area contributed by atoms with Crippen LogP contribution in [0.3, 0.4) is 0 Å². The zero-order valence-electron chi connectivity index (χ0n) is 21.8. The highest BCUT2D eigenvalue weighted by Crippen LogP contribution is 2.34. The molecule has 2 N–H and O–H groups in total. The number of ether oxygens (including phenoxy) is 1. The Hall–Kier alpha value is -4.53. The van der Waals surface area contributed by atoms with Gasteiger partial charge in [0.05, 0.1) is 30.1 Å². The number of para-hydroxylation sites is 1. The Kier molecular flexibility index (Phi) is 6.44. The minimum atomic E-state index is -0.769. The van der Waals surface area contributed by atoms with Gasteiger partial charge in [0.2, 0.25) is 0 Å². The van der Waals surface area contributed by atoms with Crippen LogP contribution in [-0.2, 0) is 36.6 Å². The molecule has 2 aromatic carbocycles. The lowest BCUT2D eigenvalue weighted by atomic mass is 9.88. The van der Waals surface area contributed by atoms with Crippen molar-refractivity contribution in [2.45, 2.75) is 32.2 Å². The summed E-state index contributed by atoms with van der Waals surface area (Å²) in [5.74, 6) is -1.46. The third kappa shape index (κ3) is 4.19. The highest BCUT2D eigenvalue weighted by molar-refractivity contribution is 5.83. The van der Waals surface area contributed by atoms with Crippen molar-refractivity contribution < 1.29 is 14.6 Å². The summed E-state index contributed by atoms with van der Waals surface area (Å²) < 4.78 is 9.63. The number of methoxy groups -OCH3 is 1. The Morgan fingerprint density at radius 1 is 1.05 bits per heavy atom. The number of carbonyl (C=O) groups excluding carboxylic acids is 1. The molecule has 0 aliphatic heterocycles. The number of rotatable bonds is 7. The predicted octanol–water partition coefficient (Wildman–Crippen LogP) is 3.47. The van der Waals surface area contributed by atoms with Gasteiger partial charge in [-0.1, -0.05) is 24.3 Å². The lowest BCUT2D eigenvalue weighted by Gasteiger charge is -2.21. The SMILES string of the molecule is COC(=O)CC(c1ccc2c(c1)n(C)c(=O)n2C)c1c(O)cc(C)n(CCc2c[nH]c3ccccc23)c1=O. The average molecular weight is 515 g/mol. The standard InChI is InChI=1S/C29H30N4O5/c1-17-13-25(34)27(28(36)33(17)12-11-19-16-30-22-8-6-5-7-20(19)22)21(15-26(35)38-4)18-9-10-23-24(14-18)32(3)29(37)31(23)2/h5-10,13-14,16,21,30,34H,11-12,15H2,1-4H3. The molecule has 5 rings (SSSR count).